The Morgan fingerprint density at radius 3 is 2.70 bits per heavy atom. The van der Waals surface area contributed by atoms with Crippen LogP contribution in [0.3, 0.4) is 0 Å². The summed E-state index contributed by atoms with van der Waals surface area (Å²) in [6, 6.07) is 12.3. The molecule has 0 saturated heterocycles. The first-order valence-electron chi connectivity index (χ1n) is 6.97. The fourth-order valence-corrected chi connectivity index (χ4v) is 2.32. The van der Waals surface area contributed by atoms with E-state index < -0.39 is 0 Å². The second-order valence-corrected chi connectivity index (χ2v) is 5.78. The van der Waals surface area contributed by atoms with Gasteiger partial charge in [0.2, 0.25) is 0 Å². The molecule has 1 aromatic heterocycles. The number of halogens is 1. The van der Waals surface area contributed by atoms with Crippen molar-refractivity contribution in [1.82, 2.24) is 4.57 Å². The number of rotatable bonds is 7. The molecule has 1 atom stereocenters. The maximum absolute atomic E-state index is 6.02. The Labute approximate surface area is 128 Å². The van der Waals surface area contributed by atoms with Crippen molar-refractivity contribution in [3.63, 3.8) is 0 Å². The molecule has 0 bridgehead atoms. The molecule has 1 heterocycles. The van der Waals surface area contributed by atoms with Crippen molar-refractivity contribution >= 4 is 15.9 Å². The van der Waals surface area contributed by atoms with Crippen LogP contribution in [0.5, 0.6) is 5.75 Å². The van der Waals surface area contributed by atoms with Crippen LogP contribution in [0.4, 0.5) is 0 Å². The minimum Gasteiger partial charge on any atom is -0.492 e. The molecule has 0 spiro atoms. The van der Waals surface area contributed by atoms with Crippen molar-refractivity contribution in [2.75, 3.05) is 6.61 Å². The van der Waals surface area contributed by atoms with Crippen molar-refractivity contribution in [2.45, 2.75) is 32.4 Å². The van der Waals surface area contributed by atoms with Crippen LogP contribution >= 0.6 is 15.9 Å². The minimum atomic E-state index is 0.232. The summed E-state index contributed by atoms with van der Waals surface area (Å²) in [7, 11) is 0. The Balaban J connectivity index is 1.85. The van der Waals surface area contributed by atoms with E-state index in [0.717, 1.165) is 29.6 Å². The van der Waals surface area contributed by atoms with Crippen LogP contribution in [-0.2, 0) is 13.0 Å². The smallest absolute Gasteiger partial charge is 0.119 e. The summed E-state index contributed by atoms with van der Waals surface area (Å²) in [6.07, 6.45) is 4.00. The highest BCUT2D eigenvalue weighted by atomic mass is 79.9. The first-order valence-corrected chi connectivity index (χ1v) is 7.76. The van der Waals surface area contributed by atoms with E-state index in [-0.39, 0.29) is 6.04 Å². The molecular formula is C16H21BrN2O. The highest BCUT2D eigenvalue weighted by Crippen LogP contribution is 2.16. The van der Waals surface area contributed by atoms with Gasteiger partial charge >= 0.3 is 0 Å². The Hall–Kier alpha value is -1.26. The Kier molecular flexibility index (Phi) is 5.68. The van der Waals surface area contributed by atoms with Crippen LogP contribution in [0, 0.1) is 0 Å². The van der Waals surface area contributed by atoms with Gasteiger partial charge in [0.1, 0.15) is 12.4 Å². The van der Waals surface area contributed by atoms with Gasteiger partial charge in [-0.2, -0.15) is 0 Å². The van der Waals surface area contributed by atoms with Gasteiger partial charge in [0.05, 0.1) is 6.54 Å². The van der Waals surface area contributed by atoms with Gasteiger partial charge in [-0.1, -0.05) is 22.9 Å². The molecular weight excluding hydrogens is 316 g/mol. The van der Waals surface area contributed by atoms with Gasteiger partial charge in [0, 0.05) is 28.8 Å². The molecule has 0 aliphatic carbocycles. The van der Waals surface area contributed by atoms with E-state index in [9.17, 15) is 0 Å². The third kappa shape index (κ3) is 4.39. The zero-order chi connectivity index (χ0) is 14.4. The van der Waals surface area contributed by atoms with Crippen LogP contribution in [0.2, 0.25) is 0 Å². The first-order chi connectivity index (χ1) is 9.69. The van der Waals surface area contributed by atoms with E-state index in [4.69, 9.17) is 10.5 Å². The number of hydrogen-bond acceptors (Lipinski definition) is 2. The van der Waals surface area contributed by atoms with Crippen molar-refractivity contribution in [2.24, 2.45) is 5.73 Å². The normalized spacial score (nSPS) is 12.3. The van der Waals surface area contributed by atoms with Crippen LogP contribution in [0.1, 0.15) is 19.0 Å². The molecule has 4 heteroatoms. The van der Waals surface area contributed by atoms with E-state index in [1.54, 1.807) is 0 Å². The maximum Gasteiger partial charge on any atom is 0.119 e. The molecule has 1 aromatic carbocycles. The predicted molar refractivity (Wildman–Crippen MR) is 86.0 cm³/mol. The maximum atomic E-state index is 6.02. The average Bonchev–Trinajstić information content (AvgIpc) is 2.88. The molecule has 0 saturated carbocycles. The van der Waals surface area contributed by atoms with Crippen LogP contribution in [0.15, 0.2) is 47.1 Å². The van der Waals surface area contributed by atoms with Gasteiger partial charge in [-0.05, 0) is 42.8 Å². The first kappa shape index (κ1) is 15.1. The standard InChI is InChI=1S/C16H21BrN2O/c1-2-14(18)12-15-4-3-9-19(15)10-11-20-16-7-5-13(17)6-8-16/h3-9,14H,2,10-12,18H2,1H3. The van der Waals surface area contributed by atoms with E-state index >= 15 is 0 Å². The highest BCUT2D eigenvalue weighted by molar-refractivity contribution is 9.10. The molecule has 2 rings (SSSR count). The van der Waals surface area contributed by atoms with E-state index in [1.807, 2.05) is 24.3 Å². The van der Waals surface area contributed by atoms with E-state index in [1.165, 1.54) is 5.69 Å². The molecule has 0 aliphatic rings. The monoisotopic (exact) mass is 336 g/mol. The predicted octanol–water partition coefficient (Wildman–Crippen LogP) is 3.61. The largest absolute Gasteiger partial charge is 0.492 e. The van der Waals surface area contributed by atoms with E-state index in [0.29, 0.717) is 6.61 Å². The zero-order valence-electron chi connectivity index (χ0n) is 11.8. The fraction of sp³-hybridized carbons (Fsp3) is 0.375. The van der Waals surface area contributed by atoms with Crippen LogP contribution in [-0.4, -0.2) is 17.2 Å². The zero-order valence-corrected chi connectivity index (χ0v) is 13.3. The third-order valence-corrected chi connectivity index (χ3v) is 3.86. The number of aromatic nitrogens is 1. The third-order valence-electron chi connectivity index (χ3n) is 3.33. The minimum absolute atomic E-state index is 0.232. The fourth-order valence-electron chi connectivity index (χ4n) is 2.06. The molecule has 3 nitrogen and oxygen atoms in total. The van der Waals surface area contributed by atoms with Gasteiger partial charge in [-0.15, -0.1) is 0 Å². The Morgan fingerprint density at radius 1 is 1.25 bits per heavy atom. The molecule has 0 amide bonds. The second kappa shape index (κ2) is 7.50. The average molecular weight is 337 g/mol. The number of ether oxygens (including phenoxy) is 1. The highest BCUT2D eigenvalue weighted by Gasteiger charge is 2.06. The molecule has 108 valence electrons. The second-order valence-electron chi connectivity index (χ2n) is 4.87. The van der Waals surface area contributed by atoms with Gasteiger partial charge in [-0.3, -0.25) is 0 Å². The Bertz CT molecular complexity index is 522. The van der Waals surface area contributed by atoms with Crippen LogP contribution in [0.25, 0.3) is 0 Å². The van der Waals surface area contributed by atoms with Crippen molar-refractivity contribution < 1.29 is 4.74 Å². The molecule has 20 heavy (non-hydrogen) atoms. The lowest BCUT2D eigenvalue weighted by molar-refractivity contribution is 0.296. The van der Waals surface area contributed by atoms with Crippen LogP contribution < -0.4 is 10.5 Å². The lowest BCUT2D eigenvalue weighted by Gasteiger charge is -2.13. The lowest BCUT2D eigenvalue weighted by Crippen LogP contribution is -2.23. The van der Waals surface area contributed by atoms with Gasteiger partial charge in [-0.25, -0.2) is 0 Å². The molecule has 2 aromatic rings. The van der Waals surface area contributed by atoms with Gasteiger partial charge in [0.15, 0.2) is 0 Å². The molecule has 2 N–H and O–H groups in total. The molecule has 0 radical (unpaired) electrons. The topological polar surface area (TPSA) is 40.2 Å². The quantitative estimate of drug-likeness (QED) is 0.838. The summed E-state index contributed by atoms with van der Waals surface area (Å²) in [5, 5.41) is 0. The number of hydrogen-bond donors (Lipinski definition) is 1. The van der Waals surface area contributed by atoms with Gasteiger partial charge < -0.3 is 15.0 Å². The summed E-state index contributed by atoms with van der Waals surface area (Å²) in [5.74, 6) is 0.896. The summed E-state index contributed by atoms with van der Waals surface area (Å²) >= 11 is 3.41. The summed E-state index contributed by atoms with van der Waals surface area (Å²) in [5.41, 5.74) is 7.29. The summed E-state index contributed by atoms with van der Waals surface area (Å²) < 4.78 is 9.03. The van der Waals surface area contributed by atoms with Crippen molar-refractivity contribution in [3.8, 4) is 5.75 Å². The lowest BCUT2D eigenvalue weighted by atomic mass is 10.1. The number of nitrogens with zero attached hydrogens (tertiary/aromatic N) is 1. The molecule has 0 aliphatic heterocycles. The Morgan fingerprint density at radius 2 is 2.00 bits per heavy atom. The van der Waals surface area contributed by atoms with E-state index in [2.05, 4.69) is 45.8 Å². The van der Waals surface area contributed by atoms with Crippen molar-refractivity contribution in [1.29, 1.82) is 0 Å². The SMILES string of the molecule is CCC(N)Cc1cccn1CCOc1ccc(Br)cc1. The number of benzene rings is 1. The summed E-state index contributed by atoms with van der Waals surface area (Å²) in [4.78, 5) is 0. The summed E-state index contributed by atoms with van der Waals surface area (Å²) in [6.45, 7) is 3.62. The van der Waals surface area contributed by atoms with Gasteiger partial charge in [0.25, 0.3) is 0 Å². The number of nitrogens with two attached hydrogens (primary N) is 1. The molecule has 0 fully saturated rings. The molecule has 1 unspecified atom stereocenters. The van der Waals surface area contributed by atoms with Crippen molar-refractivity contribution in [3.05, 3.63) is 52.8 Å².